The predicted octanol–water partition coefficient (Wildman–Crippen LogP) is 2.49. The molecule has 0 amide bonds. The molecule has 1 aliphatic carbocycles. The lowest BCUT2D eigenvalue weighted by molar-refractivity contribution is 0.582. The molecule has 0 saturated carbocycles. The Morgan fingerprint density at radius 1 is 1.23 bits per heavy atom. The zero-order valence-electron chi connectivity index (χ0n) is 7.74. The molecule has 0 saturated heterocycles. The predicted molar refractivity (Wildman–Crippen MR) is 55.4 cm³/mol. The molecular weight excluding hydrogens is 158 g/mol. The normalized spacial score (nSPS) is 20.8. The number of benzene rings is 1. The van der Waals surface area contributed by atoms with Crippen LogP contribution in [0.3, 0.4) is 0 Å². The minimum absolute atomic E-state index is 0.597. The van der Waals surface area contributed by atoms with Crippen molar-refractivity contribution in [1.82, 2.24) is 5.32 Å². The lowest BCUT2D eigenvalue weighted by Gasteiger charge is -2.09. The molecule has 0 aliphatic heterocycles. The smallest absolute Gasteiger partial charge is 0.0256 e. The summed E-state index contributed by atoms with van der Waals surface area (Å²) in [6, 6.07) is 11.1. The Morgan fingerprint density at radius 2 is 2.08 bits per heavy atom. The highest BCUT2D eigenvalue weighted by atomic mass is 14.9. The van der Waals surface area contributed by atoms with Crippen molar-refractivity contribution in [3.63, 3.8) is 0 Å². The fourth-order valence-electron chi connectivity index (χ4n) is 1.65. The molecule has 0 bridgehead atoms. The van der Waals surface area contributed by atoms with E-state index < -0.39 is 0 Å². The average molecular weight is 173 g/mol. The van der Waals surface area contributed by atoms with Crippen molar-refractivity contribution in [2.75, 3.05) is 0 Å². The van der Waals surface area contributed by atoms with E-state index in [4.69, 9.17) is 0 Å². The molecule has 2 rings (SSSR count). The van der Waals surface area contributed by atoms with Crippen molar-refractivity contribution in [2.24, 2.45) is 0 Å². The van der Waals surface area contributed by atoms with E-state index in [1.165, 1.54) is 18.4 Å². The standard InChI is InChI=1S/C12H15N/c1-2-6-11(7-3-1)10-13-12-8-4-5-9-12/h1-4,6-8,12-13H,5,9-10H2/t12-/m1/s1. The molecule has 1 aromatic carbocycles. The second kappa shape index (κ2) is 4.24. The van der Waals surface area contributed by atoms with Crippen LogP contribution in [0.15, 0.2) is 42.5 Å². The average Bonchev–Trinajstić information content (AvgIpc) is 2.69. The van der Waals surface area contributed by atoms with Crippen LogP contribution in [0.25, 0.3) is 0 Å². The lowest BCUT2D eigenvalue weighted by atomic mass is 10.2. The van der Waals surface area contributed by atoms with E-state index in [2.05, 4.69) is 47.8 Å². The van der Waals surface area contributed by atoms with E-state index in [1.807, 2.05) is 0 Å². The Kier molecular flexibility index (Phi) is 2.78. The van der Waals surface area contributed by atoms with Crippen LogP contribution >= 0.6 is 0 Å². The van der Waals surface area contributed by atoms with Gasteiger partial charge in [-0.05, 0) is 18.4 Å². The Hall–Kier alpha value is -1.08. The Morgan fingerprint density at radius 3 is 2.77 bits per heavy atom. The van der Waals surface area contributed by atoms with Crippen molar-refractivity contribution < 1.29 is 0 Å². The van der Waals surface area contributed by atoms with Gasteiger partial charge in [-0.1, -0.05) is 42.5 Å². The molecule has 0 fully saturated rings. The van der Waals surface area contributed by atoms with Crippen LogP contribution in [-0.2, 0) is 6.54 Å². The number of hydrogen-bond acceptors (Lipinski definition) is 1. The first-order valence-electron chi connectivity index (χ1n) is 4.89. The summed E-state index contributed by atoms with van der Waals surface area (Å²) in [6.45, 7) is 0.982. The lowest BCUT2D eigenvalue weighted by Crippen LogP contribution is -2.24. The molecule has 1 N–H and O–H groups in total. The van der Waals surface area contributed by atoms with Crippen LogP contribution < -0.4 is 5.32 Å². The molecule has 0 heterocycles. The van der Waals surface area contributed by atoms with Gasteiger partial charge in [0.15, 0.2) is 0 Å². The van der Waals surface area contributed by atoms with Crippen LogP contribution in [-0.4, -0.2) is 6.04 Å². The van der Waals surface area contributed by atoms with E-state index in [9.17, 15) is 0 Å². The fourth-order valence-corrected chi connectivity index (χ4v) is 1.65. The van der Waals surface area contributed by atoms with Gasteiger partial charge in [0.1, 0.15) is 0 Å². The van der Waals surface area contributed by atoms with Crippen molar-refractivity contribution in [3.05, 3.63) is 48.0 Å². The first-order chi connectivity index (χ1) is 6.45. The van der Waals surface area contributed by atoms with Gasteiger partial charge < -0.3 is 5.32 Å². The van der Waals surface area contributed by atoms with Gasteiger partial charge in [0.2, 0.25) is 0 Å². The number of rotatable bonds is 3. The number of hydrogen-bond donors (Lipinski definition) is 1. The molecule has 68 valence electrons. The van der Waals surface area contributed by atoms with Gasteiger partial charge in [-0.2, -0.15) is 0 Å². The van der Waals surface area contributed by atoms with Gasteiger partial charge in [0.25, 0.3) is 0 Å². The zero-order valence-corrected chi connectivity index (χ0v) is 7.74. The zero-order chi connectivity index (χ0) is 8.93. The van der Waals surface area contributed by atoms with E-state index in [1.54, 1.807) is 0 Å². The van der Waals surface area contributed by atoms with Crippen molar-refractivity contribution >= 4 is 0 Å². The highest BCUT2D eigenvalue weighted by Gasteiger charge is 2.06. The molecule has 0 aromatic heterocycles. The van der Waals surface area contributed by atoms with Crippen LogP contribution in [0.2, 0.25) is 0 Å². The Bertz CT molecular complexity index is 276. The number of allylic oxidation sites excluding steroid dienone is 1. The van der Waals surface area contributed by atoms with Gasteiger partial charge in [-0.3, -0.25) is 0 Å². The summed E-state index contributed by atoms with van der Waals surface area (Å²) in [5.74, 6) is 0. The molecule has 1 aromatic rings. The van der Waals surface area contributed by atoms with E-state index in [0.29, 0.717) is 6.04 Å². The first-order valence-corrected chi connectivity index (χ1v) is 4.89. The maximum Gasteiger partial charge on any atom is 0.0256 e. The molecule has 0 spiro atoms. The third-order valence-corrected chi connectivity index (χ3v) is 2.42. The topological polar surface area (TPSA) is 12.0 Å². The fraction of sp³-hybridized carbons (Fsp3) is 0.333. The minimum atomic E-state index is 0.597. The van der Waals surface area contributed by atoms with Crippen LogP contribution in [0.5, 0.6) is 0 Å². The number of nitrogens with one attached hydrogen (secondary N) is 1. The molecule has 1 aliphatic rings. The molecule has 1 atom stereocenters. The van der Waals surface area contributed by atoms with Crippen molar-refractivity contribution in [2.45, 2.75) is 25.4 Å². The quantitative estimate of drug-likeness (QED) is 0.692. The van der Waals surface area contributed by atoms with Gasteiger partial charge in [0.05, 0.1) is 0 Å². The highest BCUT2D eigenvalue weighted by molar-refractivity contribution is 5.15. The summed E-state index contributed by atoms with van der Waals surface area (Å²) >= 11 is 0. The van der Waals surface area contributed by atoms with Gasteiger partial charge in [-0.15, -0.1) is 0 Å². The van der Waals surface area contributed by atoms with Crippen molar-refractivity contribution in [1.29, 1.82) is 0 Å². The summed E-state index contributed by atoms with van der Waals surface area (Å²) in [5.41, 5.74) is 1.36. The summed E-state index contributed by atoms with van der Waals surface area (Å²) in [4.78, 5) is 0. The van der Waals surface area contributed by atoms with E-state index in [-0.39, 0.29) is 0 Å². The van der Waals surface area contributed by atoms with Gasteiger partial charge in [-0.25, -0.2) is 0 Å². The van der Waals surface area contributed by atoms with Gasteiger partial charge in [0, 0.05) is 12.6 Å². The maximum atomic E-state index is 3.51. The molecule has 0 radical (unpaired) electrons. The summed E-state index contributed by atoms with van der Waals surface area (Å²) in [7, 11) is 0. The largest absolute Gasteiger partial charge is 0.306 e. The molecule has 0 unspecified atom stereocenters. The minimum Gasteiger partial charge on any atom is -0.306 e. The van der Waals surface area contributed by atoms with E-state index >= 15 is 0 Å². The summed E-state index contributed by atoms with van der Waals surface area (Å²) in [6.07, 6.45) is 7.00. The second-order valence-corrected chi connectivity index (χ2v) is 3.48. The molecule has 1 nitrogen and oxygen atoms in total. The van der Waals surface area contributed by atoms with Crippen LogP contribution in [0.4, 0.5) is 0 Å². The molecule has 1 heteroatoms. The SMILES string of the molecule is C1=C[C@@H](NCc2ccccc2)CC1. The first kappa shape index (κ1) is 8.52. The summed E-state index contributed by atoms with van der Waals surface area (Å²) in [5, 5.41) is 3.51. The monoisotopic (exact) mass is 173 g/mol. The molecule has 13 heavy (non-hydrogen) atoms. The second-order valence-electron chi connectivity index (χ2n) is 3.48. The molecular formula is C12H15N. The third kappa shape index (κ3) is 2.43. The maximum absolute atomic E-state index is 3.51. The van der Waals surface area contributed by atoms with Crippen LogP contribution in [0.1, 0.15) is 18.4 Å². The van der Waals surface area contributed by atoms with E-state index in [0.717, 1.165) is 6.54 Å². The van der Waals surface area contributed by atoms with Crippen molar-refractivity contribution in [3.8, 4) is 0 Å². The Balaban J connectivity index is 1.82. The van der Waals surface area contributed by atoms with Crippen LogP contribution in [0, 0.1) is 0 Å². The highest BCUT2D eigenvalue weighted by Crippen LogP contribution is 2.09. The summed E-state index contributed by atoms with van der Waals surface area (Å²) < 4.78 is 0. The third-order valence-electron chi connectivity index (χ3n) is 2.42. The van der Waals surface area contributed by atoms with Gasteiger partial charge >= 0.3 is 0 Å². The Labute approximate surface area is 79.5 Å².